The van der Waals surface area contributed by atoms with E-state index >= 15 is 0 Å². The van der Waals surface area contributed by atoms with Crippen LogP contribution in [0.25, 0.3) is 0 Å². The molecule has 0 saturated heterocycles. The molecular weight excluding hydrogens is 158 g/mol. The minimum atomic E-state index is -0.120. The summed E-state index contributed by atoms with van der Waals surface area (Å²) in [5.74, 6) is 2.85. The van der Waals surface area contributed by atoms with Crippen molar-refractivity contribution >= 4 is 0 Å². The lowest BCUT2D eigenvalue weighted by atomic mass is 9.94. The topological polar surface area (TPSA) is 3.24 Å². The number of hydrogen-bond donors (Lipinski definition) is 0. The first-order chi connectivity index (χ1) is 5.83. The molecule has 1 heteroatoms. The molecule has 0 aromatic carbocycles. The van der Waals surface area contributed by atoms with Crippen LogP contribution in [-0.4, -0.2) is 23.5 Å². The van der Waals surface area contributed by atoms with Crippen LogP contribution in [-0.2, 0) is 0 Å². The maximum atomic E-state index is 5.52. The number of nitrogens with zero attached hydrogens (tertiary/aromatic N) is 1. The number of hydrogen-bond acceptors (Lipinski definition) is 1. The van der Waals surface area contributed by atoms with Gasteiger partial charge in [-0.25, -0.2) is 0 Å². The van der Waals surface area contributed by atoms with Crippen LogP contribution in [0.4, 0.5) is 0 Å². The van der Waals surface area contributed by atoms with Gasteiger partial charge in [0, 0.05) is 6.04 Å². The third-order valence-electron chi connectivity index (χ3n) is 3.86. The predicted molar refractivity (Wildman–Crippen MR) is 57.5 cm³/mol. The molecule has 0 aliphatic heterocycles. The molecule has 0 aromatic heterocycles. The van der Waals surface area contributed by atoms with Crippen LogP contribution < -0.4 is 0 Å². The normalized spacial score (nSPS) is 22.5. The van der Waals surface area contributed by atoms with Crippen molar-refractivity contribution in [1.29, 1.82) is 0 Å². The molecule has 1 saturated carbocycles. The van der Waals surface area contributed by atoms with Crippen LogP contribution in [0.2, 0.25) is 0 Å². The lowest BCUT2D eigenvalue weighted by Gasteiger charge is -2.39. The minimum absolute atomic E-state index is 0.120. The van der Waals surface area contributed by atoms with Crippen LogP contribution in [0.15, 0.2) is 0 Å². The van der Waals surface area contributed by atoms with Crippen molar-refractivity contribution in [2.24, 2.45) is 5.41 Å². The summed E-state index contributed by atoms with van der Waals surface area (Å²) in [4.78, 5) is 2.32. The second-order valence-corrected chi connectivity index (χ2v) is 5.14. The van der Waals surface area contributed by atoms with E-state index in [9.17, 15) is 0 Å². The van der Waals surface area contributed by atoms with Gasteiger partial charge in [-0.3, -0.25) is 4.90 Å². The lowest BCUT2D eigenvalue weighted by molar-refractivity contribution is 0.110. The third kappa shape index (κ3) is 1.89. The molecule has 0 amide bonds. The molecule has 1 unspecified atom stereocenters. The Bertz CT molecular complexity index is 230. The summed E-state index contributed by atoms with van der Waals surface area (Å²) in [5, 5.41) is 0. The average Bonchev–Trinajstić information content (AvgIpc) is 2.82. The zero-order valence-corrected chi connectivity index (χ0v) is 9.52. The van der Waals surface area contributed by atoms with Gasteiger partial charge in [0.15, 0.2) is 0 Å². The van der Waals surface area contributed by atoms with Crippen molar-refractivity contribution in [3.05, 3.63) is 0 Å². The van der Waals surface area contributed by atoms with Gasteiger partial charge in [-0.2, -0.15) is 0 Å². The minimum Gasteiger partial charge on any atom is -0.288 e. The lowest BCUT2D eigenvalue weighted by Crippen LogP contribution is -2.48. The predicted octanol–water partition coefficient (Wildman–Crippen LogP) is 2.52. The maximum absolute atomic E-state index is 5.52. The van der Waals surface area contributed by atoms with Gasteiger partial charge in [0.05, 0.1) is 5.54 Å². The van der Waals surface area contributed by atoms with E-state index in [-0.39, 0.29) is 5.54 Å². The van der Waals surface area contributed by atoms with Crippen molar-refractivity contribution in [1.82, 2.24) is 4.90 Å². The molecule has 1 aliphatic rings. The Labute approximate surface area is 82.5 Å². The highest BCUT2D eigenvalue weighted by molar-refractivity contribution is 5.11. The van der Waals surface area contributed by atoms with Crippen LogP contribution >= 0.6 is 0 Å². The first kappa shape index (κ1) is 10.6. The largest absolute Gasteiger partial charge is 0.288 e. The molecule has 1 rings (SSSR count). The fourth-order valence-corrected chi connectivity index (χ4v) is 1.67. The highest BCUT2D eigenvalue weighted by Gasteiger charge is 2.46. The SMILES string of the molecule is C#CC(C)(C)N(C)C(C)C1(C)CC1. The molecule has 0 aromatic rings. The molecule has 1 nitrogen and oxygen atoms in total. The summed E-state index contributed by atoms with van der Waals surface area (Å²) in [6.45, 7) is 8.84. The molecule has 1 aliphatic carbocycles. The Balaban J connectivity index is 2.68. The second kappa shape index (κ2) is 3.03. The van der Waals surface area contributed by atoms with Gasteiger partial charge in [-0.1, -0.05) is 12.8 Å². The Morgan fingerprint density at radius 1 is 1.46 bits per heavy atom. The van der Waals surface area contributed by atoms with Crippen LogP contribution in [0.1, 0.15) is 40.5 Å². The van der Waals surface area contributed by atoms with Crippen molar-refractivity contribution < 1.29 is 0 Å². The zero-order chi connectivity index (χ0) is 10.3. The molecule has 0 bridgehead atoms. The second-order valence-electron chi connectivity index (χ2n) is 5.14. The van der Waals surface area contributed by atoms with Gasteiger partial charge < -0.3 is 0 Å². The van der Waals surface area contributed by atoms with Gasteiger partial charge in [-0.15, -0.1) is 6.42 Å². The number of terminal acetylenes is 1. The molecule has 0 radical (unpaired) electrons. The van der Waals surface area contributed by atoms with Crippen molar-refractivity contribution in [3.8, 4) is 12.3 Å². The molecule has 1 atom stereocenters. The van der Waals surface area contributed by atoms with Crippen LogP contribution in [0, 0.1) is 17.8 Å². The van der Waals surface area contributed by atoms with E-state index in [1.54, 1.807) is 0 Å². The van der Waals surface area contributed by atoms with Crippen molar-refractivity contribution in [2.45, 2.75) is 52.1 Å². The van der Waals surface area contributed by atoms with Crippen molar-refractivity contribution in [2.75, 3.05) is 7.05 Å². The first-order valence-electron chi connectivity index (χ1n) is 5.04. The maximum Gasteiger partial charge on any atom is 0.0766 e. The highest BCUT2D eigenvalue weighted by atomic mass is 15.2. The Morgan fingerprint density at radius 3 is 2.23 bits per heavy atom. The Morgan fingerprint density at radius 2 is 1.92 bits per heavy atom. The summed E-state index contributed by atoms with van der Waals surface area (Å²) in [6, 6.07) is 0.582. The van der Waals surface area contributed by atoms with E-state index in [0.29, 0.717) is 11.5 Å². The Kier molecular flexibility index (Phi) is 2.47. The van der Waals surface area contributed by atoms with E-state index in [1.807, 2.05) is 0 Å². The van der Waals surface area contributed by atoms with E-state index in [0.717, 1.165) is 0 Å². The monoisotopic (exact) mass is 179 g/mol. The van der Waals surface area contributed by atoms with Crippen LogP contribution in [0.3, 0.4) is 0 Å². The summed E-state index contributed by atoms with van der Waals surface area (Å²) in [5.41, 5.74) is 0.397. The molecule has 74 valence electrons. The van der Waals surface area contributed by atoms with Gasteiger partial charge >= 0.3 is 0 Å². The van der Waals surface area contributed by atoms with Crippen LogP contribution in [0.5, 0.6) is 0 Å². The van der Waals surface area contributed by atoms with Gasteiger partial charge in [0.1, 0.15) is 0 Å². The number of rotatable bonds is 3. The van der Waals surface area contributed by atoms with E-state index < -0.39 is 0 Å². The zero-order valence-electron chi connectivity index (χ0n) is 9.52. The quantitative estimate of drug-likeness (QED) is 0.602. The van der Waals surface area contributed by atoms with Gasteiger partial charge in [0.2, 0.25) is 0 Å². The standard InChI is InChI=1S/C12H21N/c1-7-11(3,4)13(6)10(2)12(5)8-9-12/h1,10H,8-9H2,2-6H3. The fraction of sp³-hybridized carbons (Fsp3) is 0.833. The summed E-state index contributed by atoms with van der Waals surface area (Å²) in [7, 11) is 2.13. The van der Waals surface area contributed by atoms with Crippen molar-refractivity contribution in [3.63, 3.8) is 0 Å². The molecule has 1 fully saturated rings. The third-order valence-corrected chi connectivity index (χ3v) is 3.86. The van der Waals surface area contributed by atoms with E-state index in [4.69, 9.17) is 6.42 Å². The van der Waals surface area contributed by atoms with Gasteiger partial charge in [0.25, 0.3) is 0 Å². The highest BCUT2D eigenvalue weighted by Crippen LogP contribution is 2.50. The summed E-state index contributed by atoms with van der Waals surface area (Å²) < 4.78 is 0. The molecule has 0 heterocycles. The fourth-order valence-electron chi connectivity index (χ4n) is 1.67. The smallest absolute Gasteiger partial charge is 0.0766 e. The summed E-state index contributed by atoms with van der Waals surface area (Å²) >= 11 is 0. The summed E-state index contributed by atoms with van der Waals surface area (Å²) in [6.07, 6.45) is 8.21. The Hall–Kier alpha value is -0.480. The first-order valence-corrected chi connectivity index (χ1v) is 5.04. The van der Waals surface area contributed by atoms with E-state index in [1.165, 1.54) is 12.8 Å². The molecule has 13 heavy (non-hydrogen) atoms. The average molecular weight is 179 g/mol. The molecular formula is C12H21N. The van der Waals surface area contributed by atoms with Gasteiger partial charge in [-0.05, 0) is 46.1 Å². The molecule has 0 N–H and O–H groups in total. The van der Waals surface area contributed by atoms with E-state index in [2.05, 4.69) is 45.6 Å². The molecule has 0 spiro atoms.